The van der Waals surface area contributed by atoms with Gasteiger partial charge in [-0.05, 0) is 58.1 Å². The van der Waals surface area contributed by atoms with Crippen LogP contribution in [0.3, 0.4) is 0 Å². The summed E-state index contributed by atoms with van der Waals surface area (Å²) < 4.78 is 6.27. The van der Waals surface area contributed by atoms with E-state index in [1.807, 2.05) is 25.1 Å². The molecule has 0 unspecified atom stereocenters. The average Bonchev–Trinajstić information content (AvgIpc) is 2.48. The van der Waals surface area contributed by atoms with Gasteiger partial charge in [0.2, 0.25) is 0 Å². The monoisotopic (exact) mass is 395 g/mol. The van der Waals surface area contributed by atoms with Gasteiger partial charge in [0.15, 0.2) is 6.61 Å². The number of carbonyl (C=O) groups excluding carboxylic acids is 1. The molecule has 0 saturated heterocycles. The van der Waals surface area contributed by atoms with Crippen molar-refractivity contribution >= 4 is 39.1 Å². The summed E-state index contributed by atoms with van der Waals surface area (Å²) in [6.07, 6.45) is 0. The number of ether oxygens (including phenoxy) is 1. The molecule has 0 spiro atoms. The first-order valence-electron chi connectivity index (χ1n) is 7.35. The summed E-state index contributed by atoms with van der Waals surface area (Å²) in [5.74, 6) is 0.720. The van der Waals surface area contributed by atoms with Crippen LogP contribution in [0.5, 0.6) is 5.75 Å². The third kappa shape index (κ3) is 4.72. The highest BCUT2D eigenvalue weighted by Crippen LogP contribution is 2.29. The third-order valence-corrected chi connectivity index (χ3v) is 4.30. The molecule has 1 N–H and O–H groups in total. The van der Waals surface area contributed by atoms with Gasteiger partial charge in [0.1, 0.15) is 5.75 Å². The zero-order valence-corrected chi connectivity index (χ0v) is 15.7. The third-order valence-electron chi connectivity index (χ3n) is 3.44. The highest BCUT2D eigenvalue weighted by molar-refractivity contribution is 9.10. The van der Waals surface area contributed by atoms with E-state index in [1.165, 1.54) is 0 Å². The van der Waals surface area contributed by atoms with Gasteiger partial charge in [0, 0.05) is 10.7 Å². The van der Waals surface area contributed by atoms with Crippen molar-refractivity contribution in [2.24, 2.45) is 0 Å². The fourth-order valence-corrected chi connectivity index (χ4v) is 3.05. The summed E-state index contributed by atoms with van der Waals surface area (Å²) in [6.45, 7) is 6.13. The smallest absolute Gasteiger partial charge is 0.262 e. The molecule has 0 radical (unpaired) electrons. The van der Waals surface area contributed by atoms with Crippen LogP contribution >= 0.6 is 27.5 Å². The second-order valence-electron chi connectivity index (χ2n) is 5.61. The van der Waals surface area contributed by atoms with E-state index in [-0.39, 0.29) is 12.5 Å². The second-order valence-corrected chi connectivity index (χ2v) is 6.90. The highest BCUT2D eigenvalue weighted by Gasteiger charge is 2.13. The molecule has 0 aliphatic rings. The van der Waals surface area contributed by atoms with Crippen LogP contribution < -0.4 is 10.1 Å². The first kappa shape index (κ1) is 17.8. The van der Waals surface area contributed by atoms with E-state index in [4.69, 9.17) is 16.3 Å². The Morgan fingerprint density at radius 3 is 2.70 bits per heavy atom. The van der Waals surface area contributed by atoms with E-state index >= 15 is 0 Å². The van der Waals surface area contributed by atoms with Crippen molar-refractivity contribution in [1.29, 1.82) is 0 Å². The molecule has 2 rings (SSSR count). The number of hydrogen-bond acceptors (Lipinski definition) is 2. The predicted octanol–water partition coefficient (Wildman–Crippen LogP) is 5.55. The van der Waals surface area contributed by atoms with Gasteiger partial charge in [0.25, 0.3) is 5.91 Å². The van der Waals surface area contributed by atoms with Crippen LogP contribution in [0.15, 0.2) is 40.9 Å². The SMILES string of the molecule is Cc1cccc(C(C)C)c1NC(=O)COc1ccc(Cl)cc1Br. The number of rotatable bonds is 5. The molecule has 2 aromatic carbocycles. The number of nitrogens with one attached hydrogen (secondary N) is 1. The Balaban J connectivity index is 2.06. The molecule has 0 fully saturated rings. The molecule has 0 heterocycles. The lowest BCUT2D eigenvalue weighted by atomic mass is 9.98. The van der Waals surface area contributed by atoms with Crippen LogP contribution in [-0.2, 0) is 4.79 Å². The quantitative estimate of drug-likeness (QED) is 0.719. The zero-order chi connectivity index (χ0) is 17.0. The molecule has 2 aromatic rings. The molecule has 0 aromatic heterocycles. The number of benzene rings is 2. The Morgan fingerprint density at radius 1 is 1.30 bits per heavy atom. The van der Waals surface area contributed by atoms with Crippen molar-refractivity contribution in [3.8, 4) is 5.75 Å². The van der Waals surface area contributed by atoms with Crippen LogP contribution in [0, 0.1) is 6.92 Å². The van der Waals surface area contributed by atoms with Crippen LogP contribution in [0.1, 0.15) is 30.9 Å². The normalized spacial score (nSPS) is 10.7. The molecule has 0 saturated carbocycles. The van der Waals surface area contributed by atoms with E-state index < -0.39 is 0 Å². The van der Waals surface area contributed by atoms with Gasteiger partial charge in [0.05, 0.1) is 4.47 Å². The lowest BCUT2D eigenvalue weighted by Gasteiger charge is -2.16. The molecule has 3 nitrogen and oxygen atoms in total. The lowest BCUT2D eigenvalue weighted by Crippen LogP contribution is -2.21. The molecule has 0 atom stereocenters. The van der Waals surface area contributed by atoms with Gasteiger partial charge >= 0.3 is 0 Å². The molecular formula is C18H19BrClNO2. The van der Waals surface area contributed by atoms with E-state index in [1.54, 1.807) is 18.2 Å². The molecule has 5 heteroatoms. The van der Waals surface area contributed by atoms with Gasteiger partial charge < -0.3 is 10.1 Å². The summed E-state index contributed by atoms with van der Waals surface area (Å²) in [5, 5.41) is 3.56. The zero-order valence-electron chi connectivity index (χ0n) is 13.3. The Hall–Kier alpha value is -1.52. The molecular weight excluding hydrogens is 378 g/mol. The van der Waals surface area contributed by atoms with Crippen LogP contribution in [0.25, 0.3) is 0 Å². The maximum Gasteiger partial charge on any atom is 0.262 e. The average molecular weight is 397 g/mol. The van der Waals surface area contributed by atoms with Gasteiger partial charge in [-0.15, -0.1) is 0 Å². The van der Waals surface area contributed by atoms with E-state index in [0.717, 1.165) is 21.3 Å². The summed E-state index contributed by atoms with van der Waals surface area (Å²) in [6, 6.07) is 11.2. The molecule has 0 aliphatic heterocycles. The largest absolute Gasteiger partial charge is 0.483 e. The minimum atomic E-state index is -0.192. The van der Waals surface area contributed by atoms with Crippen molar-refractivity contribution in [3.63, 3.8) is 0 Å². The summed E-state index contributed by atoms with van der Waals surface area (Å²) >= 11 is 9.25. The molecule has 23 heavy (non-hydrogen) atoms. The number of carbonyl (C=O) groups is 1. The highest BCUT2D eigenvalue weighted by atomic mass is 79.9. The number of halogens is 2. The Kier molecular flexibility index (Phi) is 6.08. The van der Waals surface area contributed by atoms with Crippen LogP contribution in [0.2, 0.25) is 5.02 Å². The molecule has 122 valence electrons. The summed E-state index contributed by atoms with van der Waals surface area (Å²) in [4.78, 5) is 12.2. The van der Waals surface area contributed by atoms with Crippen molar-refractivity contribution in [2.75, 3.05) is 11.9 Å². The molecule has 0 bridgehead atoms. The fourth-order valence-electron chi connectivity index (χ4n) is 2.25. The van der Waals surface area contributed by atoms with Gasteiger partial charge in [-0.1, -0.05) is 43.6 Å². The van der Waals surface area contributed by atoms with Crippen molar-refractivity contribution in [1.82, 2.24) is 0 Å². The Bertz CT molecular complexity index is 716. The van der Waals surface area contributed by atoms with Gasteiger partial charge in [-0.3, -0.25) is 4.79 Å². The maximum absolute atomic E-state index is 12.2. The summed E-state index contributed by atoms with van der Waals surface area (Å²) in [5.41, 5.74) is 3.02. The maximum atomic E-state index is 12.2. The number of para-hydroxylation sites is 1. The number of hydrogen-bond donors (Lipinski definition) is 1. The topological polar surface area (TPSA) is 38.3 Å². The number of aryl methyl sites for hydroxylation is 1. The van der Waals surface area contributed by atoms with Gasteiger partial charge in [-0.25, -0.2) is 0 Å². The van der Waals surface area contributed by atoms with E-state index in [2.05, 4.69) is 35.1 Å². The fraction of sp³-hybridized carbons (Fsp3) is 0.278. The number of amides is 1. The van der Waals surface area contributed by atoms with Crippen molar-refractivity contribution < 1.29 is 9.53 Å². The van der Waals surface area contributed by atoms with Crippen LogP contribution in [0.4, 0.5) is 5.69 Å². The minimum absolute atomic E-state index is 0.0634. The first-order valence-corrected chi connectivity index (χ1v) is 8.52. The first-order chi connectivity index (χ1) is 10.9. The molecule has 0 aliphatic carbocycles. The standard InChI is InChI=1S/C18H19BrClNO2/c1-11(2)14-6-4-5-12(3)18(14)21-17(22)10-23-16-8-7-13(20)9-15(16)19/h4-9,11H,10H2,1-3H3,(H,21,22). The lowest BCUT2D eigenvalue weighted by molar-refractivity contribution is -0.118. The Labute approximate surface area is 150 Å². The van der Waals surface area contributed by atoms with Crippen molar-refractivity contribution in [3.05, 3.63) is 57.0 Å². The number of anilines is 1. The molecule has 1 amide bonds. The van der Waals surface area contributed by atoms with Crippen LogP contribution in [-0.4, -0.2) is 12.5 Å². The Morgan fingerprint density at radius 2 is 2.04 bits per heavy atom. The van der Waals surface area contributed by atoms with Crippen molar-refractivity contribution in [2.45, 2.75) is 26.7 Å². The second kappa shape index (κ2) is 7.84. The van der Waals surface area contributed by atoms with E-state index in [0.29, 0.717) is 16.7 Å². The van der Waals surface area contributed by atoms with E-state index in [9.17, 15) is 4.79 Å². The predicted molar refractivity (Wildman–Crippen MR) is 98.5 cm³/mol. The minimum Gasteiger partial charge on any atom is -0.483 e. The van der Waals surface area contributed by atoms with Gasteiger partial charge in [-0.2, -0.15) is 0 Å². The summed E-state index contributed by atoms with van der Waals surface area (Å²) in [7, 11) is 0.